The molecule has 0 aromatic carbocycles. The van der Waals surface area contributed by atoms with E-state index in [4.69, 9.17) is 34.9 Å². The smallest absolute Gasteiger partial charge is 0.327 e. The fourth-order valence-corrected chi connectivity index (χ4v) is 4.10. The number of methoxy groups -OCH3 is 2. The average molecular weight is 356 g/mol. The maximum absolute atomic E-state index is 5.91. The van der Waals surface area contributed by atoms with Crippen molar-refractivity contribution in [1.29, 1.82) is 0 Å². The van der Waals surface area contributed by atoms with Crippen molar-refractivity contribution >= 4 is 18.5 Å². The lowest BCUT2D eigenvalue weighted by atomic mass is 10.1. The summed E-state index contributed by atoms with van der Waals surface area (Å²) in [4.78, 5) is 0. The molecule has 0 aromatic heterocycles. The minimum Gasteiger partial charge on any atom is -0.382 e. The summed E-state index contributed by atoms with van der Waals surface area (Å²) < 4.78 is 27.1. The number of hydrogen-bond acceptors (Lipinski definition) is 6. The molecule has 0 N–H and O–H groups in total. The van der Waals surface area contributed by atoms with Crippen LogP contribution in [-0.4, -0.2) is 46.8 Å². The molecule has 0 bridgehead atoms. The summed E-state index contributed by atoms with van der Waals surface area (Å²) in [6.07, 6.45) is 7.24. The molecular weight excluding hydrogens is 323 g/mol. The van der Waals surface area contributed by atoms with Crippen LogP contribution in [0, 0.1) is 0 Å². The quantitative estimate of drug-likeness (QED) is 0.303. The highest BCUT2D eigenvalue weighted by molar-refractivity contribution is 8.07. The zero-order valence-electron chi connectivity index (χ0n) is 14.5. The Balaban J connectivity index is 4.14. The zero-order chi connectivity index (χ0) is 16.7. The van der Waals surface area contributed by atoms with Crippen LogP contribution in [0.5, 0.6) is 0 Å². The standard InChI is InChI=1S/C15H33O5PS/c1-5-6-7-8-9-10-15(2)20-21(22,18-13-11-16-3)19-14-12-17-4/h15H,5-14H2,1-4H3. The monoisotopic (exact) mass is 356 g/mol. The topological polar surface area (TPSA) is 46.2 Å². The van der Waals surface area contributed by atoms with Gasteiger partial charge in [-0.3, -0.25) is 0 Å². The van der Waals surface area contributed by atoms with Gasteiger partial charge in [-0.05, 0) is 25.2 Å². The highest BCUT2D eigenvalue weighted by Gasteiger charge is 2.23. The Labute approximate surface area is 141 Å². The van der Waals surface area contributed by atoms with E-state index >= 15 is 0 Å². The van der Waals surface area contributed by atoms with E-state index in [0.29, 0.717) is 26.4 Å². The summed E-state index contributed by atoms with van der Waals surface area (Å²) in [5, 5.41) is 0. The molecule has 0 amide bonds. The third-order valence-electron chi connectivity index (χ3n) is 3.10. The fraction of sp³-hybridized carbons (Fsp3) is 1.00. The molecular formula is C15H33O5PS. The molecule has 0 fully saturated rings. The van der Waals surface area contributed by atoms with Crippen LogP contribution < -0.4 is 0 Å². The van der Waals surface area contributed by atoms with Crippen molar-refractivity contribution in [3.8, 4) is 0 Å². The van der Waals surface area contributed by atoms with E-state index in [9.17, 15) is 0 Å². The second kappa shape index (κ2) is 15.0. The summed E-state index contributed by atoms with van der Waals surface area (Å²) >= 11 is 5.46. The van der Waals surface area contributed by atoms with Gasteiger partial charge in [-0.25, -0.2) is 0 Å². The number of ether oxygens (including phenoxy) is 2. The van der Waals surface area contributed by atoms with Crippen LogP contribution in [0.3, 0.4) is 0 Å². The Morgan fingerprint density at radius 2 is 1.41 bits per heavy atom. The zero-order valence-corrected chi connectivity index (χ0v) is 16.3. The molecule has 22 heavy (non-hydrogen) atoms. The van der Waals surface area contributed by atoms with Gasteiger partial charge >= 0.3 is 6.72 Å². The lowest BCUT2D eigenvalue weighted by molar-refractivity contribution is 0.0748. The first-order chi connectivity index (χ1) is 10.6. The van der Waals surface area contributed by atoms with Crippen molar-refractivity contribution in [1.82, 2.24) is 0 Å². The van der Waals surface area contributed by atoms with E-state index in [2.05, 4.69) is 6.92 Å². The van der Waals surface area contributed by atoms with Crippen LogP contribution in [0.4, 0.5) is 0 Å². The molecule has 0 radical (unpaired) electrons. The van der Waals surface area contributed by atoms with Crippen molar-refractivity contribution in [2.45, 2.75) is 58.5 Å². The first-order valence-electron chi connectivity index (χ1n) is 8.13. The van der Waals surface area contributed by atoms with Crippen LogP contribution in [0.1, 0.15) is 52.4 Å². The van der Waals surface area contributed by atoms with Crippen LogP contribution in [0.2, 0.25) is 0 Å². The van der Waals surface area contributed by atoms with Crippen molar-refractivity contribution in [2.75, 3.05) is 40.6 Å². The van der Waals surface area contributed by atoms with Gasteiger partial charge in [-0.1, -0.05) is 39.0 Å². The van der Waals surface area contributed by atoms with Crippen molar-refractivity contribution < 1.29 is 23.0 Å². The normalized spacial score (nSPS) is 13.5. The molecule has 0 aromatic rings. The predicted octanol–water partition coefficient (Wildman–Crippen LogP) is 4.30. The van der Waals surface area contributed by atoms with Crippen LogP contribution in [0.25, 0.3) is 0 Å². The minimum atomic E-state index is -2.72. The lowest BCUT2D eigenvalue weighted by Gasteiger charge is -2.25. The molecule has 1 unspecified atom stereocenters. The predicted molar refractivity (Wildman–Crippen MR) is 93.9 cm³/mol. The number of hydrogen-bond donors (Lipinski definition) is 0. The van der Waals surface area contributed by atoms with Crippen LogP contribution in [-0.2, 0) is 34.9 Å². The molecule has 134 valence electrons. The Hall–Kier alpha value is 0.450. The molecule has 0 saturated heterocycles. The Morgan fingerprint density at radius 1 is 0.864 bits per heavy atom. The summed E-state index contributed by atoms with van der Waals surface area (Å²) in [6.45, 7) is 3.23. The van der Waals surface area contributed by atoms with Gasteiger partial charge in [-0.2, -0.15) is 0 Å². The van der Waals surface area contributed by atoms with Gasteiger partial charge in [0.1, 0.15) is 0 Å². The molecule has 1 atom stereocenters. The third kappa shape index (κ3) is 12.9. The maximum Gasteiger partial charge on any atom is 0.327 e. The molecule has 0 heterocycles. The number of rotatable bonds is 16. The van der Waals surface area contributed by atoms with E-state index in [1.165, 1.54) is 25.7 Å². The Kier molecular flexibility index (Phi) is 15.3. The van der Waals surface area contributed by atoms with E-state index in [1.807, 2.05) is 6.92 Å². The Bertz CT molecular complexity index is 277. The molecule has 0 aliphatic rings. The highest BCUT2D eigenvalue weighted by atomic mass is 32.5. The second-order valence-electron chi connectivity index (χ2n) is 5.22. The third-order valence-corrected chi connectivity index (χ3v) is 5.60. The second-order valence-corrected chi connectivity index (χ2v) is 8.18. The first kappa shape index (κ1) is 22.4. The summed E-state index contributed by atoms with van der Waals surface area (Å²) in [5.41, 5.74) is 0. The van der Waals surface area contributed by atoms with E-state index in [0.717, 1.165) is 12.8 Å². The van der Waals surface area contributed by atoms with Crippen molar-refractivity contribution in [3.63, 3.8) is 0 Å². The van der Waals surface area contributed by atoms with Crippen LogP contribution >= 0.6 is 6.72 Å². The molecule has 0 rings (SSSR count). The van der Waals surface area contributed by atoms with Gasteiger partial charge in [0, 0.05) is 14.2 Å². The molecule has 5 nitrogen and oxygen atoms in total. The molecule has 7 heteroatoms. The van der Waals surface area contributed by atoms with Gasteiger partial charge in [-0.15, -0.1) is 0 Å². The van der Waals surface area contributed by atoms with Gasteiger partial charge in [0.15, 0.2) is 0 Å². The number of unbranched alkanes of at least 4 members (excludes halogenated alkanes) is 4. The van der Waals surface area contributed by atoms with Crippen molar-refractivity contribution in [3.05, 3.63) is 0 Å². The Morgan fingerprint density at radius 3 is 1.91 bits per heavy atom. The van der Waals surface area contributed by atoms with E-state index in [1.54, 1.807) is 14.2 Å². The van der Waals surface area contributed by atoms with Gasteiger partial charge in [0.25, 0.3) is 0 Å². The van der Waals surface area contributed by atoms with Crippen LogP contribution in [0.15, 0.2) is 0 Å². The van der Waals surface area contributed by atoms with E-state index in [-0.39, 0.29) is 6.10 Å². The van der Waals surface area contributed by atoms with Gasteiger partial charge < -0.3 is 23.0 Å². The molecule has 0 saturated carbocycles. The van der Waals surface area contributed by atoms with Gasteiger partial charge in [0.2, 0.25) is 0 Å². The lowest BCUT2D eigenvalue weighted by Crippen LogP contribution is -2.13. The van der Waals surface area contributed by atoms with Crippen molar-refractivity contribution in [2.24, 2.45) is 0 Å². The van der Waals surface area contributed by atoms with Gasteiger partial charge in [0.05, 0.1) is 32.5 Å². The van der Waals surface area contributed by atoms with E-state index < -0.39 is 6.72 Å². The largest absolute Gasteiger partial charge is 0.382 e. The maximum atomic E-state index is 5.91. The average Bonchev–Trinajstić information content (AvgIpc) is 2.47. The summed E-state index contributed by atoms with van der Waals surface area (Å²) in [5.74, 6) is 0. The molecule has 0 aliphatic heterocycles. The minimum absolute atomic E-state index is 0.0394. The SMILES string of the molecule is CCCCCCCC(C)OP(=S)(OCCOC)OCCOC. The highest BCUT2D eigenvalue weighted by Crippen LogP contribution is 2.51. The summed E-state index contributed by atoms with van der Waals surface area (Å²) in [7, 11) is 3.25. The molecule has 0 spiro atoms. The summed E-state index contributed by atoms with van der Waals surface area (Å²) in [6, 6.07) is 0. The molecule has 0 aliphatic carbocycles. The fourth-order valence-electron chi connectivity index (χ4n) is 1.87. The first-order valence-corrected chi connectivity index (χ1v) is 10.7.